The van der Waals surface area contributed by atoms with Crippen molar-refractivity contribution >= 4 is 17.4 Å². The zero-order valence-corrected chi connectivity index (χ0v) is 24.7. The Morgan fingerprint density at radius 3 is 2.40 bits per heavy atom. The minimum Gasteiger partial charge on any atom is -0.507 e. The molecule has 0 spiro atoms. The van der Waals surface area contributed by atoms with Crippen molar-refractivity contribution in [3.8, 4) is 17.2 Å². The summed E-state index contributed by atoms with van der Waals surface area (Å²) in [4.78, 5) is 30.6. The molecule has 2 aromatic carbocycles. The van der Waals surface area contributed by atoms with Crippen molar-refractivity contribution < 1.29 is 28.9 Å². The van der Waals surface area contributed by atoms with Crippen molar-refractivity contribution in [3.63, 3.8) is 0 Å². The molecular weight excluding hydrogens is 508 g/mol. The van der Waals surface area contributed by atoms with E-state index in [4.69, 9.17) is 14.2 Å². The molecule has 0 aromatic heterocycles. The number of Topliss-reactive ketones (excluding diaryl/α,β-unsaturated/α-hetero) is 1. The highest BCUT2D eigenvalue weighted by Gasteiger charge is 2.46. The number of benzene rings is 2. The molecule has 0 bridgehead atoms. The first-order valence-corrected chi connectivity index (χ1v) is 14.3. The Balaban J connectivity index is 2.08. The second kappa shape index (κ2) is 14.7. The van der Waals surface area contributed by atoms with Crippen molar-refractivity contribution in [2.24, 2.45) is 5.92 Å². The first-order chi connectivity index (χ1) is 19.2. The standard InChI is InChI=1S/C32H44N2O6/c1-7-18-39-25-12-10-11-24(20-25)30(35)28-29(34(32(37)31(28)36)17-16-33(8-2)9-3)23-13-14-26(27(21-23)38-6)40-19-15-22(4)5/h10-14,20-22,29,35H,7-9,15-19H2,1-6H3. The molecule has 0 radical (unpaired) electrons. The smallest absolute Gasteiger partial charge is 0.295 e. The summed E-state index contributed by atoms with van der Waals surface area (Å²) in [5, 5.41) is 11.5. The molecular formula is C32H44N2O6. The van der Waals surface area contributed by atoms with Crippen molar-refractivity contribution in [1.82, 2.24) is 9.80 Å². The molecule has 218 valence electrons. The number of aliphatic hydroxyl groups excluding tert-OH is 1. The molecule has 1 saturated heterocycles. The fraction of sp³-hybridized carbons (Fsp3) is 0.500. The normalized spacial score (nSPS) is 16.7. The van der Waals surface area contributed by atoms with Gasteiger partial charge >= 0.3 is 0 Å². The maximum Gasteiger partial charge on any atom is 0.295 e. The van der Waals surface area contributed by atoms with E-state index in [1.165, 1.54) is 0 Å². The van der Waals surface area contributed by atoms with Gasteiger partial charge in [-0.25, -0.2) is 0 Å². The summed E-state index contributed by atoms with van der Waals surface area (Å²) < 4.78 is 17.3. The van der Waals surface area contributed by atoms with E-state index in [2.05, 4.69) is 32.6 Å². The number of carbonyl (C=O) groups is 2. The highest BCUT2D eigenvalue weighted by molar-refractivity contribution is 6.46. The molecule has 1 N–H and O–H groups in total. The van der Waals surface area contributed by atoms with E-state index in [0.29, 0.717) is 60.6 Å². The van der Waals surface area contributed by atoms with Gasteiger partial charge in [-0.05, 0) is 61.7 Å². The van der Waals surface area contributed by atoms with Crippen LogP contribution in [0, 0.1) is 5.92 Å². The van der Waals surface area contributed by atoms with E-state index < -0.39 is 17.7 Å². The monoisotopic (exact) mass is 552 g/mol. The summed E-state index contributed by atoms with van der Waals surface area (Å²) in [6, 6.07) is 11.6. The first-order valence-electron chi connectivity index (χ1n) is 14.3. The summed E-state index contributed by atoms with van der Waals surface area (Å²) in [6.45, 7) is 14.1. The van der Waals surface area contributed by atoms with Crippen LogP contribution in [-0.2, 0) is 9.59 Å². The van der Waals surface area contributed by atoms with Gasteiger partial charge in [-0.1, -0.05) is 52.8 Å². The maximum atomic E-state index is 13.5. The van der Waals surface area contributed by atoms with Crippen LogP contribution in [0.5, 0.6) is 17.2 Å². The van der Waals surface area contributed by atoms with Crippen molar-refractivity contribution in [1.29, 1.82) is 0 Å². The largest absolute Gasteiger partial charge is 0.507 e. The number of carbonyl (C=O) groups excluding carboxylic acids is 2. The quantitative estimate of drug-likeness (QED) is 0.173. The van der Waals surface area contributed by atoms with Crippen LogP contribution in [0.4, 0.5) is 0 Å². The van der Waals surface area contributed by atoms with E-state index in [1.807, 2.05) is 13.0 Å². The predicted molar refractivity (Wildman–Crippen MR) is 157 cm³/mol. The molecule has 2 aromatic rings. The Kier molecular flexibility index (Phi) is 11.4. The highest BCUT2D eigenvalue weighted by Crippen LogP contribution is 2.42. The van der Waals surface area contributed by atoms with Crippen LogP contribution in [0.25, 0.3) is 5.76 Å². The lowest BCUT2D eigenvalue weighted by Gasteiger charge is -2.28. The van der Waals surface area contributed by atoms with Crippen LogP contribution in [-0.4, -0.2) is 73.1 Å². The first kappa shape index (κ1) is 31.0. The average molecular weight is 553 g/mol. The summed E-state index contributed by atoms with van der Waals surface area (Å²) in [5.74, 6) is 0.612. The van der Waals surface area contributed by atoms with Gasteiger partial charge in [0, 0.05) is 18.7 Å². The Labute approximate surface area is 238 Å². The third-order valence-electron chi connectivity index (χ3n) is 7.13. The zero-order valence-electron chi connectivity index (χ0n) is 24.7. The number of methoxy groups -OCH3 is 1. The number of hydrogen-bond donors (Lipinski definition) is 1. The van der Waals surface area contributed by atoms with Crippen LogP contribution in [0.15, 0.2) is 48.0 Å². The minimum atomic E-state index is -0.783. The molecule has 1 atom stereocenters. The van der Waals surface area contributed by atoms with Crippen molar-refractivity contribution in [3.05, 3.63) is 59.2 Å². The molecule has 1 aliphatic rings. The molecule has 1 heterocycles. The lowest BCUT2D eigenvalue weighted by molar-refractivity contribution is -0.140. The lowest BCUT2D eigenvalue weighted by Crippen LogP contribution is -2.38. The number of ether oxygens (including phenoxy) is 3. The van der Waals surface area contributed by atoms with E-state index in [9.17, 15) is 14.7 Å². The molecule has 1 unspecified atom stereocenters. The maximum absolute atomic E-state index is 13.5. The summed E-state index contributed by atoms with van der Waals surface area (Å²) in [7, 11) is 1.56. The molecule has 0 saturated carbocycles. The van der Waals surface area contributed by atoms with Gasteiger partial charge in [-0.15, -0.1) is 0 Å². The van der Waals surface area contributed by atoms with E-state index in [-0.39, 0.29) is 11.3 Å². The number of likely N-dealkylation sites (N-methyl/N-ethyl adjacent to an activating group) is 1. The number of nitrogens with zero attached hydrogens (tertiary/aromatic N) is 2. The average Bonchev–Trinajstić information content (AvgIpc) is 3.21. The zero-order chi connectivity index (χ0) is 29.2. The number of aliphatic hydroxyl groups is 1. The third kappa shape index (κ3) is 7.36. The van der Waals surface area contributed by atoms with Crippen LogP contribution >= 0.6 is 0 Å². The molecule has 8 heteroatoms. The van der Waals surface area contributed by atoms with Crippen LogP contribution in [0.3, 0.4) is 0 Å². The van der Waals surface area contributed by atoms with Gasteiger partial charge in [0.1, 0.15) is 11.5 Å². The highest BCUT2D eigenvalue weighted by atomic mass is 16.5. The molecule has 0 aliphatic carbocycles. The minimum absolute atomic E-state index is 0.0488. The topological polar surface area (TPSA) is 88.5 Å². The fourth-order valence-electron chi connectivity index (χ4n) is 4.73. The fourth-order valence-corrected chi connectivity index (χ4v) is 4.73. The van der Waals surface area contributed by atoms with Gasteiger partial charge in [-0.2, -0.15) is 0 Å². The van der Waals surface area contributed by atoms with Gasteiger partial charge in [-0.3, -0.25) is 9.59 Å². The number of ketones is 1. The predicted octanol–water partition coefficient (Wildman–Crippen LogP) is 5.67. The van der Waals surface area contributed by atoms with Crippen molar-refractivity contribution in [2.45, 2.75) is 53.5 Å². The second-order valence-electron chi connectivity index (χ2n) is 10.3. The SMILES string of the molecule is CCCOc1cccc(C(O)=C2C(=O)C(=O)N(CCN(CC)CC)C2c2ccc(OCCC(C)C)c(OC)c2)c1. The summed E-state index contributed by atoms with van der Waals surface area (Å²) in [5.41, 5.74) is 1.13. The second-order valence-corrected chi connectivity index (χ2v) is 10.3. The summed E-state index contributed by atoms with van der Waals surface area (Å²) in [6.07, 6.45) is 1.74. The van der Waals surface area contributed by atoms with Crippen LogP contribution in [0.2, 0.25) is 0 Å². The van der Waals surface area contributed by atoms with Gasteiger partial charge in [0.25, 0.3) is 11.7 Å². The molecule has 40 heavy (non-hydrogen) atoms. The van der Waals surface area contributed by atoms with Gasteiger partial charge < -0.3 is 29.1 Å². The lowest BCUT2D eigenvalue weighted by atomic mass is 9.95. The molecule has 3 rings (SSSR count). The number of hydrogen-bond acceptors (Lipinski definition) is 7. The van der Waals surface area contributed by atoms with E-state index >= 15 is 0 Å². The molecule has 1 fully saturated rings. The Hall–Kier alpha value is -3.52. The molecule has 1 amide bonds. The number of rotatable bonds is 15. The number of amides is 1. The number of likely N-dealkylation sites (tertiary alicyclic amines) is 1. The summed E-state index contributed by atoms with van der Waals surface area (Å²) >= 11 is 0. The van der Waals surface area contributed by atoms with Gasteiger partial charge in [0.05, 0.1) is 31.9 Å². The van der Waals surface area contributed by atoms with Gasteiger partial charge in [0.15, 0.2) is 11.5 Å². The Morgan fingerprint density at radius 2 is 1.75 bits per heavy atom. The third-order valence-corrected chi connectivity index (χ3v) is 7.13. The molecule has 1 aliphatic heterocycles. The van der Waals surface area contributed by atoms with Crippen LogP contribution < -0.4 is 14.2 Å². The Bertz CT molecular complexity index is 1190. The van der Waals surface area contributed by atoms with E-state index in [0.717, 1.165) is 25.9 Å². The molecule has 8 nitrogen and oxygen atoms in total. The van der Waals surface area contributed by atoms with Gasteiger partial charge in [0.2, 0.25) is 0 Å². The Morgan fingerprint density at radius 1 is 1.00 bits per heavy atom. The van der Waals surface area contributed by atoms with Crippen molar-refractivity contribution in [2.75, 3.05) is 46.5 Å². The van der Waals surface area contributed by atoms with Crippen LogP contribution in [0.1, 0.15) is 64.6 Å². The van der Waals surface area contributed by atoms with E-state index in [1.54, 1.807) is 48.4 Å².